The highest BCUT2D eigenvalue weighted by Crippen LogP contribution is 2.36. The van der Waals surface area contributed by atoms with Gasteiger partial charge in [0.1, 0.15) is 5.75 Å². The van der Waals surface area contributed by atoms with Crippen LogP contribution in [0.5, 0.6) is 5.75 Å². The Hall–Kier alpha value is -0.950. The molecular formula is C23H36N2O3S. The number of hydrogen-bond acceptors (Lipinski definition) is 5. The Kier molecular flexibility index (Phi) is 7.62. The van der Waals surface area contributed by atoms with Crippen LogP contribution in [0.1, 0.15) is 37.7 Å². The Labute approximate surface area is 178 Å². The first-order chi connectivity index (χ1) is 14.2. The molecule has 0 saturated carbocycles. The van der Waals surface area contributed by atoms with Gasteiger partial charge < -0.3 is 19.3 Å². The molecule has 0 atom stereocenters. The van der Waals surface area contributed by atoms with Gasteiger partial charge in [-0.25, -0.2) is 0 Å². The first-order valence-corrected chi connectivity index (χ1v) is 12.8. The molecule has 3 aliphatic rings. The van der Waals surface area contributed by atoms with Crippen molar-refractivity contribution in [3.63, 3.8) is 0 Å². The van der Waals surface area contributed by atoms with Crippen LogP contribution in [0.25, 0.3) is 0 Å². The molecule has 0 radical (unpaired) electrons. The summed E-state index contributed by atoms with van der Waals surface area (Å²) in [6, 6.07) is 8.83. The van der Waals surface area contributed by atoms with Crippen molar-refractivity contribution in [1.82, 2.24) is 9.80 Å². The van der Waals surface area contributed by atoms with E-state index in [1.807, 2.05) is 0 Å². The van der Waals surface area contributed by atoms with E-state index >= 15 is 0 Å². The fraction of sp³-hybridized carbons (Fsp3) is 0.739. The summed E-state index contributed by atoms with van der Waals surface area (Å²) in [5.41, 5.74) is 1.54. The first-order valence-electron chi connectivity index (χ1n) is 11.3. The van der Waals surface area contributed by atoms with Crippen LogP contribution >= 0.6 is 0 Å². The van der Waals surface area contributed by atoms with Crippen molar-refractivity contribution < 1.29 is 13.7 Å². The van der Waals surface area contributed by atoms with Crippen LogP contribution in [0.4, 0.5) is 0 Å². The molecule has 29 heavy (non-hydrogen) atoms. The standard InChI is InChI=1S/C23H36N2O3S/c26-29-18-13-25(14-19-29)20-23(8-16-27-17-9-23)21-4-6-22(7-5-21)28-15-3-12-24-10-1-2-11-24/h4-7H,1-3,8-20H2. The Bertz CT molecular complexity index is 645. The molecule has 3 fully saturated rings. The zero-order valence-electron chi connectivity index (χ0n) is 17.7. The number of benzene rings is 1. The summed E-state index contributed by atoms with van der Waals surface area (Å²) >= 11 is 0. The molecule has 0 N–H and O–H groups in total. The van der Waals surface area contributed by atoms with Crippen LogP contribution in [0.15, 0.2) is 24.3 Å². The average Bonchev–Trinajstić information content (AvgIpc) is 3.28. The van der Waals surface area contributed by atoms with Crippen LogP contribution in [-0.4, -0.2) is 84.6 Å². The minimum absolute atomic E-state index is 0.144. The second kappa shape index (κ2) is 10.4. The molecule has 162 valence electrons. The fourth-order valence-electron chi connectivity index (χ4n) is 4.95. The van der Waals surface area contributed by atoms with Crippen molar-refractivity contribution in [3.8, 4) is 5.75 Å². The number of rotatable bonds is 8. The SMILES string of the molecule is O=S1CCN(CC2(c3ccc(OCCCN4CCCC4)cc3)CCOCC2)CC1. The van der Waals surface area contributed by atoms with Gasteiger partial charge in [0.05, 0.1) is 6.61 Å². The van der Waals surface area contributed by atoms with Crippen LogP contribution in [-0.2, 0) is 21.0 Å². The van der Waals surface area contributed by atoms with Gasteiger partial charge in [-0.15, -0.1) is 0 Å². The molecule has 3 aliphatic heterocycles. The van der Waals surface area contributed by atoms with Gasteiger partial charge in [-0.05, 0) is 62.9 Å². The van der Waals surface area contributed by atoms with E-state index in [0.29, 0.717) is 0 Å². The summed E-state index contributed by atoms with van der Waals surface area (Å²) < 4.78 is 23.4. The third-order valence-corrected chi connectivity index (χ3v) is 8.08. The van der Waals surface area contributed by atoms with Crippen molar-refractivity contribution in [1.29, 1.82) is 0 Å². The number of ether oxygens (including phenoxy) is 2. The number of nitrogens with zero attached hydrogens (tertiary/aromatic N) is 2. The maximum Gasteiger partial charge on any atom is 0.119 e. The highest BCUT2D eigenvalue weighted by Gasteiger charge is 2.36. The van der Waals surface area contributed by atoms with Crippen molar-refractivity contribution in [2.45, 2.75) is 37.5 Å². The molecule has 6 heteroatoms. The fourth-order valence-corrected chi connectivity index (χ4v) is 6.08. The Morgan fingerprint density at radius 3 is 2.34 bits per heavy atom. The van der Waals surface area contributed by atoms with Crippen molar-refractivity contribution in [2.24, 2.45) is 0 Å². The van der Waals surface area contributed by atoms with Crippen molar-refractivity contribution >= 4 is 10.8 Å². The molecule has 4 rings (SSSR count). The second-order valence-corrected chi connectivity index (χ2v) is 10.5. The lowest BCUT2D eigenvalue weighted by atomic mass is 9.73. The van der Waals surface area contributed by atoms with Crippen molar-refractivity contribution in [3.05, 3.63) is 29.8 Å². The molecule has 3 heterocycles. The summed E-state index contributed by atoms with van der Waals surface area (Å²) in [5, 5.41) is 0. The van der Waals surface area contributed by atoms with Gasteiger partial charge in [0, 0.05) is 67.1 Å². The minimum atomic E-state index is -0.620. The topological polar surface area (TPSA) is 42.0 Å². The Balaban J connectivity index is 1.33. The van der Waals surface area contributed by atoms with Crippen LogP contribution in [0.3, 0.4) is 0 Å². The monoisotopic (exact) mass is 420 g/mol. The zero-order chi connectivity index (χ0) is 19.9. The lowest BCUT2D eigenvalue weighted by Crippen LogP contribution is -2.48. The van der Waals surface area contributed by atoms with E-state index in [2.05, 4.69) is 34.1 Å². The molecule has 0 amide bonds. The third-order valence-electron chi connectivity index (χ3n) is 6.80. The molecule has 0 bridgehead atoms. The van der Waals surface area contributed by atoms with E-state index in [-0.39, 0.29) is 5.41 Å². The molecular weight excluding hydrogens is 384 g/mol. The zero-order valence-corrected chi connectivity index (χ0v) is 18.5. The lowest BCUT2D eigenvalue weighted by molar-refractivity contribution is 0.0351. The van der Waals surface area contributed by atoms with E-state index < -0.39 is 10.8 Å². The minimum Gasteiger partial charge on any atom is -0.494 e. The van der Waals surface area contributed by atoms with Gasteiger partial charge in [0.25, 0.3) is 0 Å². The van der Waals surface area contributed by atoms with Gasteiger partial charge in [0.2, 0.25) is 0 Å². The molecule has 0 aliphatic carbocycles. The predicted octanol–water partition coefficient (Wildman–Crippen LogP) is 2.66. The molecule has 0 aromatic heterocycles. The smallest absolute Gasteiger partial charge is 0.119 e. The van der Waals surface area contributed by atoms with E-state index in [1.165, 1.54) is 31.5 Å². The molecule has 1 aromatic rings. The number of likely N-dealkylation sites (tertiary alicyclic amines) is 1. The first kappa shape index (κ1) is 21.3. The Morgan fingerprint density at radius 2 is 1.66 bits per heavy atom. The third kappa shape index (κ3) is 5.81. The molecule has 0 spiro atoms. The summed E-state index contributed by atoms with van der Waals surface area (Å²) in [7, 11) is -0.620. The van der Waals surface area contributed by atoms with Gasteiger partial charge in [0.15, 0.2) is 0 Å². The number of hydrogen-bond donors (Lipinski definition) is 0. The normalized spacial score (nSPS) is 24.0. The van der Waals surface area contributed by atoms with Gasteiger partial charge >= 0.3 is 0 Å². The predicted molar refractivity (Wildman–Crippen MR) is 118 cm³/mol. The Morgan fingerprint density at radius 1 is 0.966 bits per heavy atom. The van der Waals surface area contributed by atoms with Crippen molar-refractivity contribution in [2.75, 3.05) is 70.6 Å². The van der Waals surface area contributed by atoms with Crippen LogP contribution < -0.4 is 4.74 Å². The second-order valence-electron chi connectivity index (χ2n) is 8.79. The lowest BCUT2D eigenvalue weighted by Gasteiger charge is -2.42. The van der Waals surface area contributed by atoms with Gasteiger partial charge in [-0.3, -0.25) is 4.21 Å². The van der Waals surface area contributed by atoms with Crippen LogP contribution in [0, 0.1) is 0 Å². The van der Waals surface area contributed by atoms with Crippen LogP contribution in [0.2, 0.25) is 0 Å². The van der Waals surface area contributed by atoms with Gasteiger partial charge in [-0.1, -0.05) is 12.1 Å². The van der Waals surface area contributed by atoms with E-state index in [4.69, 9.17) is 9.47 Å². The average molecular weight is 421 g/mol. The summed E-state index contributed by atoms with van der Waals surface area (Å²) in [6.07, 6.45) is 5.92. The molecule has 1 aromatic carbocycles. The summed E-state index contributed by atoms with van der Waals surface area (Å²) in [6.45, 7) is 9.07. The van der Waals surface area contributed by atoms with E-state index in [0.717, 1.165) is 82.5 Å². The maximum absolute atomic E-state index is 11.7. The largest absolute Gasteiger partial charge is 0.494 e. The highest BCUT2D eigenvalue weighted by molar-refractivity contribution is 7.85. The molecule has 3 saturated heterocycles. The molecule has 5 nitrogen and oxygen atoms in total. The van der Waals surface area contributed by atoms with E-state index in [1.54, 1.807) is 0 Å². The summed E-state index contributed by atoms with van der Waals surface area (Å²) in [4.78, 5) is 5.05. The maximum atomic E-state index is 11.7. The van der Waals surface area contributed by atoms with Gasteiger partial charge in [-0.2, -0.15) is 0 Å². The van der Waals surface area contributed by atoms with E-state index in [9.17, 15) is 4.21 Å². The quantitative estimate of drug-likeness (QED) is 0.605. The summed E-state index contributed by atoms with van der Waals surface area (Å²) in [5.74, 6) is 2.61. The molecule has 0 unspecified atom stereocenters. The highest BCUT2D eigenvalue weighted by atomic mass is 32.2.